The molecule has 126 valence electrons. The standard InChI is InChI=1S/C19H16FN3S2/c1-12-5-10-16(25-12)18-17(15-4-2-3-11-21-15)22-19(24)23(18)14-8-6-13(20)7-9-14/h2-11,17-18H,1H3,(H,22,24)/t17-,18-/m1/s1. The van der Waals surface area contributed by atoms with E-state index in [1.54, 1.807) is 29.7 Å². The van der Waals surface area contributed by atoms with Crippen molar-refractivity contribution in [1.29, 1.82) is 0 Å². The molecule has 25 heavy (non-hydrogen) atoms. The lowest BCUT2D eigenvalue weighted by Gasteiger charge is -2.26. The number of rotatable bonds is 3. The first-order valence-corrected chi connectivity index (χ1v) is 9.18. The quantitative estimate of drug-likeness (QED) is 0.673. The fourth-order valence-corrected chi connectivity index (χ4v) is 4.49. The van der Waals surface area contributed by atoms with E-state index < -0.39 is 0 Å². The lowest BCUT2D eigenvalue weighted by atomic mass is 10.0. The molecule has 0 unspecified atom stereocenters. The third-order valence-electron chi connectivity index (χ3n) is 4.26. The average Bonchev–Trinajstić information content (AvgIpc) is 3.20. The molecule has 1 aliphatic rings. The number of thiocarbonyl (C=S) groups is 1. The molecule has 1 aliphatic heterocycles. The van der Waals surface area contributed by atoms with Crippen molar-refractivity contribution in [2.24, 2.45) is 0 Å². The Kier molecular flexibility index (Phi) is 4.23. The van der Waals surface area contributed by atoms with Gasteiger partial charge in [0.1, 0.15) is 5.82 Å². The molecule has 4 rings (SSSR count). The molecule has 3 heterocycles. The number of aromatic nitrogens is 1. The molecule has 3 nitrogen and oxygen atoms in total. The van der Waals surface area contributed by atoms with Crippen molar-refractivity contribution in [1.82, 2.24) is 10.3 Å². The molecule has 0 aliphatic carbocycles. The molecular weight excluding hydrogens is 353 g/mol. The number of aryl methyl sites for hydroxylation is 1. The minimum absolute atomic E-state index is 0.0217. The minimum atomic E-state index is -0.258. The van der Waals surface area contributed by atoms with E-state index in [0.717, 1.165) is 11.4 Å². The SMILES string of the molecule is Cc1ccc([C@@H]2[C@@H](c3ccccn3)NC(=S)N2c2ccc(F)cc2)s1. The predicted molar refractivity (Wildman–Crippen MR) is 103 cm³/mol. The molecule has 1 aromatic carbocycles. The zero-order valence-electron chi connectivity index (χ0n) is 13.5. The molecule has 0 amide bonds. The fraction of sp³-hybridized carbons (Fsp3) is 0.158. The molecule has 1 saturated heterocycles. The average molecular weight is 369 g/mol. The molecule has 1 N–H and O–H groups in total. The van der Waals surface area contributed by atoms with E-state index in [4.69, 9.17) is 12.2 Å². The molecule has 0 radical (unpaired) electrons. The van der Waals surface area contributed by atoms with Gasteiger partial charge in [0, 0.05) is 21.6 Å². The Balaban J connectivity index is 1.81. The monoisotopic (exact) mass is 369 g/mol. The van der Waals surface area contributed by atoms with E-state index in [-0.39, 0.29) is 17.9 Å². The molecule has 0 spiro atoms. The topological polar surface area (TPSA) is 28.2 Å². The number of hydrogen-bond donors (Lipinski definition) is 1. The summed E-state index contributed by atoms with van der Waals surface area (Å²) in [6, 6.07) is 16.5. The predicted octanol–water partition coefficient (Wildman–Crippen LogP) is 4.77. The van der Waals surface area contributed by atoms with E-state index in [0.29, 0.717) is 5.11 Å². The van der Waals surface area contributed by atoms with E-state index in [9.17, 15) is 4.39 Å². The Morgan fingerprint density at radius 1 is 1.12 bits per heavy atom. The van der Waals surface area contributed by atoms with Crippen LogP contribution in [-0.4, -0.2) is 10.1 Å². The highest BCUT2D eigenvalue weighted by atomic mass is 32.1. The van der Waals surface area contributed by atoms with Gasteiger partial charge in [0.05, 0.1) is 17.8 Å². The van der Waals surface area contributed by atoms with Crippen LogP contribution in [-0.2, 0) is 0 Å². The summed E-state index contributed by atoms with van der Waals surface area (Å²) in [7, 11) is 0. The maximum atomic E-state index is 13.4. The Morgan fingerprint density at radius 2 is 1.92 bits per heavy atom. The van der Waals surface area contributed by atoms with Gasteiger partial charge in [-0.2, -0.15) is 0 Å². The van der Waals surface area contributed by atoms with Gasteiger partial charge in [0.25, 0.3) is 0 Å². The van der Waals surface area contributed by atoms with Crippen LogP contribution in [0.3, 0.4) is 0 Å². The van der Waals surface area contributed by atoms with Crippen LogP contribution in [0.15, 0.2) is 60.8 Å². The van der Waals surface area contributed by atoms with Crippen LogP contribution >= 0.6 is 23.6 Å². The Morgan fingerprint density at radius 3 is 2.56 bits per heavy atom. The zero-order valence-corrected chi connectivity index (χ0v) is 15.2. The lowest BCUT2D eigenvalue weighted by molar-refractivity contribution is 0.575. The second-order valence-electron chi connectivity index (χ2n) is 5.92. The minimum Gasteiger partial charge on any atom is -0.351 e. The van der Waals surface area contributed by atoms with Crippen LogP contribution in [0, 0.1) is 12.7 Å². The van der Waals surface area contributed by atoms with Crippen molar-refractivity contribution in [3.05, 3.63) is 82.1 Å². The van der Waals surface area contributed by atoms with Crippen molar-refractivity contribution in [3.8, 4) is 0 Å². The number of pyridine rings is 1. The summed E-state index contributed by atoms with van der Waals surface area (Å²) in [4.78, 5) is 9.01. The summed E-state index contributed by atoms with van der Waals surface area (Å²) < 4.78 is 13.4. The number of anilines is 1. The van der Waals surface area contributed by atoms with E-state index >= 15 is 0 Å². The molecule has 3 aromatic rings. The van der Waals surface area contributed by atoms with Crippen molar-refractivity contribution in [2.75, 3.05) is 4.90 Å². The molecule has 0 saturated carbocycles. The third kappa shape index (κ3) is 3.03. The van der Waals surface area contributed by atoms with Gasteiger partial charge in [0.2, 0.25) is 0 Å². The maximum Gasteiger partial charge on any atom is 0.174 e. The van der Waals surface area contributed by atoms with Gasteiger partial charge < -0.3 is 10.2 Å². The lowest BCUT2D eigenvalue weighted by Crippen LogP contribution is -2.29. The summed E-state index contributed by atoms with van der Waals surface area (Å²) in [5.74, 6) is -0.258. The number of benzene rings is 1. The molecule has 0 bridgehead atoms. The summed E-state index contributed by atoms with van der Waals surface area (Å²) in [6.45, 7) is 2.09. The summed E-state index contributed by atoms with van der Waals surface area (Å²) in [5, 5.41) is 4.02. The molecule has 6 heteroatoms. The number of hydrogen-bond acceptors (Lipinski definition) is 3. The normalized spacial score (nSPS) is 19.9. The number of nitrogens with one attached hydrogen (secondary N) is 1. The van der Waals surface area contributed by atoms with Crippen LogP contribution in [0.1, 0.15) is 27.5 Å². The Bertz CT molecular complexity index is 893. The van der Waals surface area contributed by atoms with Gasteiger partial charge in [-0.1, -0.05) is 6.07 Å². The molecule has 1 fully saturated rings. The summed E-state index contributed by atoms with van der Waals surface area (Å²) >= 11 is 7.36. The fourth-order valence-electron chi connectivity index (χ4n) is 3.14. The van der Waals surface area contributed by atoms with Gasteiger partial charge in [-0.25, -0.2) is 4.39 Å². The van der Waals surface area contributed by atoms with E-state index in [2.05, 4.69) is 34.3 Å². The van der Waals surface area contributed by atoms with Gasteiger partial charge in [-0.15, -0.1) is 11.3 Å². The highest BCUT2D eigenvalue weighted by molar-refractivity contribution is 7.80. The number of thiophene rings is 1. The molecular formula is C19H16FN3S2. The van der Waals surface area contributed by atoms with E-state index in [1.165, 1.54) is 21.9 Å². The van der Waals surface area contributed by atoms with Crippen LogP contribution in [0.2, 0.25) is 0 Å². The van der Waals surface area contributed by atoms with Gasteiger partial charge in [-0.3, -0.25) is 4.98 Å². The summed E-state index contributed by atoms with van der Waals surface area (Å²) in [6.07, 6.45) is 1.79. The van der Waals surface area contributed by atoms with Gasteiger partial charge in [-0.05, 0) is 67.7 Å². The first-order chi connectivity index (χ1) is 12.1. The molecule has 2 aromatic heterocycles. The highest BCUT2D eigenvalue weighted by Crippen LogP contribution is 2.43. The van der Waals surface area contributed by atoms with E-state index in [1.807, 2.05) is 18.2 Å². The number of nitrogens with zero attached hydrogens (tertiary/aromatic N) is 2. The van der Waals surface area contributed by atoms with Crippen LogP contribution in [0.5, 0.6) is 0 Å². The summed E-state index contributed by atoms with van der Waals surface area (Å²) in [5.41, 5.74) is 1.80. The number of halogens is 1. The first-order valence-electron chi connectivity index (χ1n) is 7.96. The van der Waals surface area contributed by atoms with Gasteiger partial charge in [0.15, 0.2) is 5.11 Å². The van der Waals surface area contributed by atoms with Crippen molar-refractivity contribution in [3.63, 3.8) is 0 Å². The Hall–Kier alpha value is -2.31. The van der Waals surface area contributed by atoms with Crippen molar-refractivity contribution < 1.29 is 4.39 Å². The third-order valence-corrected chi connectivity index (χ3v) is 5.64. The van der Waals surface area contributed by atoms with Crippen molar-refractivity contribution in [2.45, 2.75) is 19.0 Å². The Labute approximate surface area is 155 Å². The van der Waals surface area contributed by atoms with Crippen LogP contribution < -0.4 is 10.2 Å². The zero-order chi connectivity index (χ0) is 17.4. The van der Waals surface area contributed by atoms with Crippen molar-refractivity contribution >= 4 is 34.4 Å². The van der Waals surface area contributed by atoms with Gasteiger partial charge >= 0.3 is 0 Å². The highest BCUT2D eigenvalue weighted by Gasteiger charge is 2.41. The largest absolute Gasteiger partial charge is 0.351 e. The van der Waals surface area contributed by atoms with Crippen LogP contribution in [0.4, 0.5) is 10.1 Å². The smallest absolute Gasteiger partial charge is 0.174 e. The second-order valence-corrected chi connectivity index (χ2v) is 7.63. The van der Waals surface area contributed by atoms with Crippen LogP contribution in [0.25, 0.3) is 0 Å². The second kappa shape index (κ2) is 6.54. The first kappa shape index (κ1) is 16.2. The maximum absolute atomic E-state index is 13.4. The molecule has 2 atom stereocenters.